The number of pyridine rings is 1. The van der Waals surface area contributed by atoms with Crippen LogP contribution in [0.15, 0.2) is 60.9 Å². The molecular weight excluding hydrogens is 494 g/mol. The van der Waals surface area contributed by atoms with Gasteiger partial charge in [0, 0.05) is 56.2 Å². The number of hydrogen-bond donors (Lipinski definition) is 2. The van der Waals surface area contributed by atoms with E-state index in [1.165, 1.54) is 13.3 Å². The van der Waals surface area contributed by atoms with Gasteiger partial charge in [-0.25, -0.2) is 9.97 Å². The molecule has 0 aliphatic carbocycles. The maximum atomic E-state index is 11.5. The Balaban J connectivity index is 1.27. The molecule has 10 nitrogen and oxygen atoms in total. The lowest BCUT2D eigenvalue weighted by molar-refractivity contribution is -0.114. The van der Waals surface area contributed by atoms with Gasteiger partial charge in [-0.1, -0.05) is 12.1 Å². The van der Waals surface area contributed by atoms with E-state index in [9.17, 15) is 4.79 Å². The average Bonchev–Trinajstić information content (AvgIpc) is 2.95. The van der Waals surface area contributed by atoms with E-state index >= 15 is 0 Å². The fourth-order valence-electron chi connectivity index (χ4n) is 4.43. The topological polar surface area (TPSA) is 114 Å². The number of methoxy groups -OCH3 is 1. The van der Waals surface area contributed by atoms with Crippen LogP contribution in [0.3, 0.4) is 0 Å². The van der Waals surface area contributed by atoms with Crippen LogP contribution in [0.1, 0.15) is 23.7 Å². The number of nitrogens with zero attached hydrogens (tertiary/aromatic N) is 5. The summed E-state index contributed by atoms with van der Waals surface area (Å²) in [6.07, 6.45) is 2.30. The van der Waals surface area contributed by atoms with E-state index < -0.39 is 0 Å². The van der Waals surface area contributed by atoms with Crippen LogP contribution in [0.4, 0.5) is 23.3 Å². The molecule has 0 atom stereocenters. The summed E-state index contributed by atoms with van der Waals surface area (Å²) in [6, 6.07) is 17.8. The van der Waals surface area contributed by atoms with Crippen molar-refractivity contribution in [2.24, 2.45) is 0 Å². The molecule has 5 rings (SSSR count). The number of carbonyl (C=O) groups is 1. The highest BCUT2D eigenvalue weighted by molar-refractivity contribution is 5.90. The van der Waals surface area contributed by atoms with E-state index in [0.717, 1.165) is 58.2 Å². The molecule has 3 heterocycles. The number of anilines is 4. The van der Waals surface area contributed by atoms with Crippen molar-refractivity contribution in [3.05, 3.63) is 77.7 Å². The number of carbonyl (C=O) groups excluding carboxylic acids is 1. The van der Waals surface area contributed by atoms with Crippen molar-refractivity contribution in [1.29, 1.82) is 0 Å². The highest BCUT2D eigenvalue weighted by Crippen LogP contribution is 2.28. The molecule has 1 aliphatic rings. The zero-order valence-electron chi connectivity index (χ0n) is 22.3. The lowest BCUT2D eigenvalue weighted by Crippen LogP contribution is -2.32. The molecule has 4 aromatic rings. The molecule has 1 amide bonds. The van der Waals surface area contributed by atoms with E-state index in [4.69, 9.17) is 14.5 Å². The fraction of sp³-hybridized carbons (Fsp3) is 0.276. The molecule has 2 aromatic heterocycles. The smallest absolute Gasteiger partial charge is 0.232 e. The molecule has 0 saturated carbocycles. The van der Waals surface area contributed by atoms with Gasteiger partial charge in [-0.15, -0.1) is 0 Å². The van der Waals surface area contributed by atoms with Gasteiger partial charge in [0.05, 0.1) is 12.3 Å². The Labute approximate surface area is 227 Å². The van der Waals surface area contributed by atoms with Gasteiger partial charge in [0.25, 0.3) is 0 Å². The zero-order chi connectivity index (χ0) is 27.2. The molecular formula is C29H31N7O3. The quantitative estimate of drug-likeness (QED) is 0.304. The molecule has 0 radical (unpaired) electrons. The van der Waals surface area contributed by atoms with Gasteiger partial charge in [-0.2, -0.15) is 4.98 Å². The molecule has 0 saturated heterocycles. The monoisotopic (exact) mass is 525 g/mol. The van der Waals surface area contributed by atoms with Crippen LogP contribution in [0.25, 0.3) is 11.3 Å². The zero-order valence-corrected chi connectivity index (χ0v) is 22.3. The molecule has 1 aliphatic heterocycles. The van der Waals surface area contributed by atoms with E-state index in [1.807, 2.05) is 55.5 Å². The van der Waals surface area contributed by atoms with Gasteiger partial charge in [-0.05, 0) is 60.5 Å². The first-order valence-electron chi connectivity index (χ1n) is 12.8. The van der Waals surface area contributed by atoms with Gasteiger partial charge in [-0.3, -0.25) is 9.78 Å². The predicted octanol–water partition coefficient (Wildman–Crippen LogP) is 4.53. The SMILES string of the molecule is COCCOc1ccc(-c2ccc3c(n2)CCN(c2ncnc(Nc4cccc(NC(C)=O)c4C)n2)C3)cc1. The Morgan fingerprint density at radius 1 is 1.00 bits per heavy atom. The average molecular weight is 526 g/mol. The minimum Gasteiger partial charge on any atom is -0.491 e. The van der Waals surface area contributed by atoms with Crippen LogP contribution in [-0.2, 0) is 22.5 Å². The number of benzene rings is 2. The second kappa shape index (κ2) is 11.9. The first-order valence-corrected chi connectivity index (χ1v) is 12.8. The maximum absolute atomic E-state index is 11.5. The summed E-state index contributed by atoms with van der Waals surface area (Å²) in [7, 11) is 1.66. The van der Waals surface area contributed by atoms with Gasteiger partial charge in [0.1, 0.15) is 18.7 Å². The van der Waals surface area contributed by atoms with Crippen molar-refractivity contribution in [2.75, 3.05) is 42.4 Å². The van der Waals surface area contributed by atoms with Crippen LogP contribution in [0, 0.1) is 6.92 Å². The summed E-state index contributed by atoms with van der Waals surface area (Å²) in [6.45, 7) is 5.91. The first kappa shape index (κ1) is 26.1. The van der Waals surface area contributed by atoms with Crippen molar-refractivity contribution in [3.8, 4) is 17.0 Å². The number of ether oxygens (including phenoxy) is 2. The van der Waals surface area contributed by atoms with Crippen molar-refractivity contribution < 1.29 is 14.3 Å². The Morgan fingerprint density at radius 3 is 2.62 bits per heavy atom. The molecule has 0 fully saturated rings. The third-order valence-corrected chi connectivity index (χ3v) is 6.49. The Kier molecular flexibility index (Phi) is 7.93. The molecule has 0 bridgehead atoms. The summed E-state index contributed by atoms with van der Waals surface area (Å²) in [5, 5.41) is 6.10. The molecule has 2 N–H and O–H groups in total. The largest absolute Gasteiger partial charge is 0.491 e. The number of amides is 1. The second-order valence-corrected chi connectivity index (χ2v) is 9.23. The van der Waals surface area contributed by atoms with Crippen LogP contribution in [0.5, 0.6) is 5.75 Å². The summed E-state index contributed by atoms with van der Waals surface area (Å²) >= 11 is 0. The summed E-state index contributed by atoms with van der Waals surface area (Å²) in [5.74, 6) is 1.73. The maximum Gasteiger partial charge on any atom is 0.232 e. The van der Waals surface area contributed by atoms with Gasteiger partial charge in [0.2, 0.25) is 17.8 Å². The van der Waals surface area contributed by atoms with E-state index in [-0.39, 0.29) is 5.91 Å². The van der Waals surface area contributed by atoms with E-state index in [2.05, 4.69) is 36.6 Å². The highest BCUT2D eigenvalue weighted by Gasteiger charge is 2.21. The number of hydrogen-bond acceptors (Lipinski definition) is 9. The minimum atomic E-state index is -0.120. The second-order valence-electron chi connectivity index (χ2n) is 9.23. The van der Waals surface area contributed by atoms with Crippen molar-refractivity contribution >= 4 is 29.2 Å². The molecule has 0 spiro atoms. The third-order valence-electron chi connectivity index (χ3n) is 6.49. The predicted molar refractivity (Wildman–Crippen MR) is 150 cm³/mol. The molecule has 0 unspecified atom stereocenters. The summed E-state index contributed by atoms with van der Waals surface area (Å²) in [4.78, 5) is 32.0. The number of rotatable bonds is 9. The van der Waals surface area contributed by atoms with Crippen molar-refractivity contribution in [3.63, 3.8) is 0 Å². The normalized spacial score (nSPS) is 12.5. The van der Waals surface area contributed by atoms with Gasteiger partial charge < -0.3 is 25.0 Å². The first-order chi connectivity index (χ1) is 19.0. The Bertz CT molecular complexity index is 1460. The Hall–Kier alpha value is -4.57. The molecule has 10 heteroatoms. The molecule has 39 heavy (non-hydrogen) atoms. The number of nitrogens with one attached hydrogen (secondary N) is 2. The van der Waals surface area contributed by atoms with Crippen LogP contribution < -0.4 is 20.3 Å². The van der Waals surface area contributed by atoms with E-state index in [1.54, 1.807) is 7.11 Å². The minimum absolute atomic E-state index is 0.120. The van der Waals surface area contributed by atoms with Crippen LogP contribution in [0.2, 0.25) is 0 Å². The fourth-order valence-corrected chi connectivity index (χ4v) is 4.43. The highest BCUT2D eigenvalue weighted by atomic mass is 16.5. The summed E-state index contributed by atoms with van der Waals surface area (Å²) < 4.78 is 10.7. The molecule has 2 aromatic carbocycles. The van der Waals surface area contributed by atoms with Crippen molar-refractivity contribution in [2.45, 2.75) is 26.8 Å². The van der Waals surface area contributed by atoms with Gasteiger partial charge >= 0.3 is 0 Å². The third kappa shape index (κ3) is 6.29. The number of aromatic nitrogens is 4. The Morgan fingerprint density at radius 2 is 1.82 bits per heavy atom. The summed E-state index contributed by atoms with van der Waals surface area (Å²) in [5.41, 5.74) is 6.68. The number of fused-ring (bicyclic) bond motifs is 1. The van der Waals surface area contributed by atoms with E-state index in [0.29, 0.717) is 31.7 Å². The lowest BCUT2D eigenvalue weighted by Gasteiger charge is -2.28. The standard InChI is InChI=1S/C29H31N7O3/c1-19-24(32-20(2)37)5-4-6-25(19)34-28-30-18-31-29(35-28)36-14-13-27-22(17-36)9-12-26(33-27)21-7-10-23(11-8-21)39-16-15-38-3/h4-12,18H,13-17H2,1-3H3,(H,32,37)(H,30,31,34,35). The van der Waals surface area contributed by atoms with Crippen molar-refractivity contribution in [1.82, 2.24) is 19.9 Å². The van der Waals surface area contributed by atoms with Crippen LogP contribution >= 0.6 is 0 Å². The lowest BCUT2D eigenvalue weighted by atomic mass is 10.0. The molecule has 200 valence electrons. The van der Waals surface area contributed by atoms with Gasteiger partial charge in [0.15, 0.2) is 0 Å². The van der Waals surface area contributed by atoms with Crippen LogP contribution in [-0.4, -0.2) is 52.7 Å².